The number of amides is 4. The van der Waals surface area contributed by atoms with Crippen LogP contribution in [0.3, 0.4) is 0 Å². The van der Waals surface area contributed by atoms with Crippen molar-refractivity contribution in [3.8, 4) is 22.3 Å². The Kier molecular flexibility index (Phi) is 13.7. The van der Waals surface area contributed by atoms with Crippen LogP contribution in [0.1, 0.15) is 48.2 Å². The second-order valence-electron chi connectivity index (χ2n) is 17.9. The summed E-state index contributed by atoms with van der Waals surface area (Å²) in [5.74, 6) is -2.75. The van der Waals surface area contributed by atoms with Gasteiger partial charge in [-0.15, -0.1) is 23.5 Å². The lowest BCUT2D eigenvalue weighted by molar-refractivity contribution is -0.165. The van der Waals surface area contributed by atoms with Gasteiger partial charge >= 0.3 is 11.9 Å². The van der Waals surface area contributed by atoms with E-state index in [9.17, 15) is 39.0 Å². The van der Waals surface area contributed by atoms with Gasteiger partial charge in [0.1, 0.15) is 47.0 Å². The number of nitrogens with zero attached hydrogens (tertiary/aromatic N) is 2. The highest BCUT2D eigenvalue weighted by Gasteiger charge is 2.58. The number of benzene rings is 5. The third kappa shape index (κ3) is 9.37. The topological polar surface area (TPSA) is 197 Å². The molecule has 4 heterocycles. The van der Waals surface area contributed by atoms with Gasteiger partial charge in [-0.3, -0.25) is 29.8 Å². The minimum Gasteiger partial charge on any atom is -0.480 e. The van der Waals surface area contributed by atoms with Crippen molar-refractivity contribution in [1.29, 1.82) is 0 Å². The van der Waals surface area contributed by atoms with E-state index in [1.165, 1.54) is 33.3 Å². The summed E-state index contributed by atoms with van der Waals surface area (Å²) in [6.07, 6.45) is 0. The van der Waals surface area contributed by atoms with Gasteiger partial charge in [0.2, 0.25) is 23.6 Å². The summed E-state index contributed by atoms with van der Waals surface area (Å²) in [6, 6.07) is 38.2. The number of thioether (sulfide) groups is 2. The number of hydrogen-bond donors (Lipinski definition) is 6. The third-order valence-electron chi connectivity index (χ3n) is 13.2. The predicted molar refractivity (Wildman–Crippen MR) is 261 cm³/mol. The van der Waals surface area contributed by atoms with E-state index >= 15 is 0 Å². The van der Waals surface area contributed by atoms with Gasteiger partial charge in [-0.2, -0.15) is 0 Å². The maximum Gasteiger partial charge on any atom is 0.326 e. The van der Waals surface area contributed by atoms with Crippen molar-refractivity contribution in [3.63, 3.8) is 0 Å². The average molecular weight is 953 g/mol. The number of β-lactam (4-membered cyclic amide) rings is 2. The molecule has 0 saturated carbocycles. The molecule has 9 rings (SSSR count). The summed E-state index contributed by atoms with van der Waals surface area (Å²) >= 11 is 2.99. The molecule has 0 aromatic heterocycles. The average Bonchev–Trinajstić information content (AvgIpc) is 3.35. The molecule has 4 saturated heterocycles. The van der Waals surface area contributed by atoms with E-state index in [1.807, 2.05) is 129 Å². The van der Waals surface area contributed by atoms with Crippen molar-refractivity contribution in [2.75, 3.05) is 11.5 Å². The molecule has 16 heteroatoms. The molecule has 5 aromatic rings. The third-order valence-corrected chi connectivity index (χ3v) is 16.4. The van der Waals surface area contributed by atoms with Gasteiger partial charge in [0.15, 0.2) is 0 Å². The quantitative estimate of drug-likeness (QED) is 0.0666. The molecule has 5 aromatic carbocycles. The van der Waals surface area contributed by atoms with E-state index in [-0.39, 0.29) is 35.5 Å². The number of carboxylic acid groups (broad SMARTS) is 2. The van der Waals surface area contributed by atoms with Gasteiger partial charge in [-0.1, -0.05) is 141 Å². The summed E-state index contributed by atoms with van der Waals surface area (Å²) in [5, 5.41) is 31.3. The highest BCUT2D eigenvalue weighted by molar-refractivity contribution is 8.00. The molecule has 350 valence electrons. The van der Waals surface area contributed by atoms with Gasteiger partial charge < -0.3 is 30.6 Å². The lowest BCUT2D eigenvalue weighted by atomic mass is 9.94. The minimum absolute atomic E-state index is 0.193. The van der Waals surface area contributed by atoms with Gasteiger partial charge in [0.05, 0.1) is 0 Å². The highest BCUT2D eigenvalue weighted by Crippen LogP contribution is 2.42. The monoisotopic (exact) mass is 952 g/mol. The molecule has 14 nitrogen and oxygen atoms in total. The Hall–Kier alpha value is -6.46. The van der Waals surface area contributed by atoms with Crippen LogP contribution in [0.2, 0.25) is 0 Å². The molecule has 0 aliphatic carbocycles. The van der Waals surface area contributed by atoms with Crippen LogP contribution in [-0.2, 0) is 41.9 Å². The van der Waals surface area contributed by atoms with Crippen LogP contribution in [0.25, 0.3) is 22.3 Å². The summed E-state index contributed by atoms with van der Waals surface area (Å²) in [7, 11) is 0. The number of carbonyl (C=O) groups is 6. The number of aliphatic carboxylic acids is 2. The number of carboxylic acids is 2. The first-order valence-corrected chi connectivity index (χ1v) is 24.8. The summed E-state index contributed by atoms with van der Waals surface area (Å²) in [6.45, 7) is 4.40. The lowest BCUT2D eigenvalue weighted by Gasteiger charge is -2.53. The fourth-order valence-electron chi connectivity index (χ4n) is 9.58. The second kappa shape index (κ2) is 20.0. The van der Waals surface area contributed by atoms with Crippen molar-refractivity contribution in [2.24, 2.45) is 11.8 Å². The first kappa shape index (κ1) is 46.6. The molecule has 4 aliphatic rings. The van der Waals surface area contributed by atoms with Crippen LogP contribution < -0.4 is 21.3 Å². The van der Waals surface area contributed by atoms with Crippen molar-refractivity contribution in [2.45, 2.75) is 73.9 Å². The van der Waals surface area contributed by atoms with E-state index in [0.29, 0.717) is 24.6 Å². The van der Waals surface area contributed by atoms with Crippen molar-refractivity contribution in [3.05, 3.63) is 156 Å². The maximum atomic E-state index is 13.8. The number of fused-ring (bicyclic) bond motifs is 2. The Morgan fingerprint density at radius 1 is 0.544 bits per heavy atom. The van der Waals surface area contributed by atoms with Crippen LogP contribution >= 0.6 is 23.5 Å². The van der Waals surface area contributed by atoms with Gasteiger partial charge in [-0.25, -0.2) is 9.59 Å². The highest BCUT2D eigenvalue weighted by atomic mass is 32.2. The van der Waals surface area contributed by atoms with E-state index in [4.69, 9.17) is 0 Å². The summed E-state index contributed by atoms with van der Waals surface area (Å²) < 4.78 is 0. The van der Waals surface area contributed by atoms with Crippen LogP contribution in [0.4, 0.5) is 0 Å². The van der Waals surface area contributed by atoms with E-state index < -0.39 is 58.9 Å². The SMILES string of the molecule is CC1CSC2[C@H](NC(=O)[C@@H](NCc3ccc(-c4cccc(-c5ccc(CN[C@@H](C(=O)N[C@H]6C(=O)N7C(C(=O)O)C(C)CSC67)c6ccccc6)cc5)c4)cc3)c3ccccc3)C(=O)N2C1C(=O)O. The molecule has 68 heavy (non-hydrogen) atoms. The normalized spacial score (nSPS) is 24.9. The molecule has 6 N–H and O–H groups in total. The Labute approximate surface area is 402 Å². The molecular weight excluding hydrogens is 901 g/mol. The number of carbonyl (C=O) groups excluding carboxylic acids is 4. The molecule has 6 unspecified atom stereocenters. The maximum absolute atomic E-state index is 13.8. The Morgan fingerprint density at radius 2 is 0.926 bits per heavy atom. The minimum atomic E-state index is -1.03. The first-order valence-electron chi connectivity index (χ1n) is 22.7. The van der Waals surface area contributed by atoms with E-state index in [2.05, 4.69) is 39.5 Å². The fourth-order valence-corrected chi connectivity index (χ4v) is 12.5. The van der Waals surface area contributed by atoms with Gasteiger partial charge in [0, 0.05) is 24.6 Å². The Bertz CT molecular complexity index is 2510. The first-order chi connectivity index (χ1) is 32.9. The number of rotatable bonds is 16. The van der Waals surface area contributed by atoms with Crippen LogP contribution in [0.5, 0.6) is 0 Å². The Morgan fingerprint density at radius 3 is 1.29 bits per heavy atom. The van der Waals surface area contributed by atoms with Crippen LogP contribution in [0.15, 0.2) is 133 Å². The second-order valence-corrected chi connectivity index (χ2v) is 20.2. The molecule has 0 spiro atoms. The smallest absolute Gasteiger partial charge is 0.326 e. The lowest BCUT2D eigenvalue weighted by Crippen LogP contribution is -2.75. The summed E-state index contributed by atoms with van der Waals surface area (Å²) in [4.78, 5) is 80.7. The molecule has 0 bridgehead atoms. The van der Waals surface area contributed by atoms with E-state index in [0.717, 1.165) is 44.5 Å². The number of hydrogen-bond acceptors (Lipinski definition) is 10. The standard InChI is InChI=1S/C52H52N6O8S2/c1-29-27-67-49-41(47(61)57(49)43(29)51(63)64)55-45(59)39(35-10-5-3-6-11-35)53-25-31-16-20-33(21-17-31)37-14-9-15-38(24-37)34-22-18-32(19-23-34)26-54-40(36-12-7-4-8-13-36)46(60)56-42-48(62)58-44(52(65)66)30(2)28-68-50(42)58/h3-24,29-30,39-44,49-50,53-54H,25-28H2,1-2H3,(H,55,59)(H,56,60)(H,63,64)(H,65,66)/t29?,30?,39-,40+,41+,42-,43?,44?,49?,50?. The van der Waals surface area contributed by atoms with Crippen molar-refractivity contribution in [1.82, 2.24) is 31.1 Å². The van der Waals surface area contributed by atoms with Crippen LogP contribution in [-0.4, -0.2) is 102 Å². The van der Waals surface area contributed by atoms with E-state index in [1.54, 1.807) is 0 Å². The molecular formula is C52H52N6O8S2. The van der Waals surface area contributed by atoms with Crippen LogP contribution in [0, 0.1) is 11.8 Å². The molecule has 4 amide bonds. The molecule has 4 fully saturated rings. The number of nitrogens with one attached hydrogen (secondary N) is 4. The van der Waals surface area contributed by atoms with Crippen molar-refractivity contribution < 1.29 is 39.0 Å². The predicted octanol–water partition coefficient (Wildman–Crippen LogP) is 5.66. The Balaban J connectivity index is 0.816. The summed E-state index contributed by atoms with van der Waals surface area (Å²) in [5.41, 5.74) is 7.47. The molecule has 4 aliphatic heterocycles. The van der Waals surface area contributed by atoms with Gasteiger partial charge in [0.25, 0.3) is 0 Å². The fraction of sp³-hybridized carbons (Fsp3) is 0.308. The van der Waals surface area contributed by atoms with Crippen molar-refractivity contribution >= 4 is 59.1 Å². The largest absolute Gasteiger partial charge is 0.480 e. The molecule has 10 atom stereocenters. The molecule has 0 radical (unpaired) electrons. The zero-order valence-electron chi connectivity index (χ0n) is 37.4. The zero-order chi connectivity index (χ0) is 47.6. The van der Waals surface area contributed by atoms with Gasteiger partial charge in [-0.05, 0) is 62.4 Å². The zero-order valence-corrected chi connectivity index (χ0v) is 39.0.